The molecule has 4 nitrogen and oxygen atoms in total. The van der Waals surface area contributed by atoms with E-state index in [2.05, 4.69) is 40.1 Å². The molecule has 0 bridgehead atoms. The van der Waals surface area contributed by atoms with E-state index in [-0.39, 0.29) is 6.04 Å². The molecule has 4 heteroatoms. The van der Waals surface area contributed by atoms with Crippen LogP contribution in [-0.4, -0.2) is 22.7 Å². The van der Waals surface area contributed by atoms with Crippen molar-refractivity contribution in [1.29, 1.82) is 0 Å². The van der Waals surface area contributed by atoms with Crippen LogP contribution in [0.1, 0.15) is 30.6 Å². The largest absolute Gasteiger partial charge is 0.491 e. The molecule has 1 aliphatic heterocycles. The Bertz CT molecular complexity index is 577. The second-order valence-corrected chi connectivity index (χ2v) is 4.90. The maximum absolute atomic E-state index is 5.76. The maximum Gasteiger partial charge on any atom is 0.203 e. The summed E-state index contributed by atoms with van der Waals surface area (Å²) in [6.45, 7) is 5.79. The topological polar surface area (TPSA) is 39.1 Å². The van der Waals surface area contributed by atoms with Crippen LogP contribution in [0.2, 0.25) is 0 Å². The number of rotatable bonds is 4. The molecule has 0 aliphatic carbocycles. The fourth-order valence-electron chi connectivity index (χ4n) is 2.50. The average Bonchev–Trinajstić information content (AvgIpc) is 2.99. The van der Waals surface area contributed by atoms with E-state index in [4.69, 9.17) is 4.74 Å². The van der Waals surface area contributed by atoms with Crippen molar-refractivity contribution in [3.63, 3.8) is 0 Å². The van der Waals surface area contributed by atoms with Crippen LogP contribution >= 0.6 is 0 Å². The van der Waals surface area contributed by atoms with Crippen molar-refractivity contribution in [3.05, 3.63) is 41.7 Å². The van der Waals surface area contributed by atoms with Crippen molar-refractivity contribution in [1.82, 2.24) is 9.55 Å². The number of hydrogen-bond acceptors (Lipinski definition) is 3. The first-order chi connectivity index (χ1) is 9.29. The first-order valence-electron chi connectivity index (χ1n) is 6.80. The highest BCUT2D eigenvalue weighted by Crippen LogP contribution is 2.36. The van der Waals surface area contributed by atoms with Gasteiger partial charge >= 0.3 is 0 Å². The lowest BCUT2D eigenvalue weighted by atomic mass is 10.1. The van der Waals surface area contributed by atoms with Gasteiger partial charge < -0.3 is 14.6 Å². The smallest absolute Gasteiger partial charge is 0.203 e. The fraction of sp³-hybridized carbons (Fsp3) is 0.400. The van der Waals surface area contributed by atoms with Crippen LogP contribution in [0.5, 0.6) is 5.75 Å². The van der Waals surface area contributed by atoms with Crippen LogP contribution in [0.4, 0.5) is 5.95 Å². The highest BCUT2D eigenvalue weighted by atomic mass is 16.5. The lowest BCUT2D eigenvalue weighted by molar-refractivity contribution is 0.317. The van der Waals surface area contributed by atoms with Crippen molar-refractivity contribution in [3.8, 4) is 5.75 Å². The third kappa shape index (κ3) is 2.18. The molecule has 1 atom stereocenters. The minimum atomic E-state index is 0.219. The van der Waals surface area contributed by atoms with Gasteiger partial charge in [0.25, 0.3) is 0 Å². The Labute approximate surface area is 113 Å². The first kappa shape index (κ1) is 12.1. The molecule has 1 aromatic heterocycles. The standard InChI is InChI=1S/C15H19N3O/c1-3-8-16-15-17-11(2)9-18(15)13-10-19-14-7-5-4-6-12(13)14/h4-7,9,13H,3,8,10H2,1-2H3,(H,16,17). The molecule has 1 N–H and O–H groups in total. The summed E-state index contributed by atoms with van der Waals surface area (Å²) in [6, 6.07) is 8.45. The van der Waals surface area contributed by atoms with Crippen molar-refractivity contribution in [2.45, 2.75) is 26.3 Å². The first-order valence-corrected chi connectivity index (χ1v) is 6.80. The summed E-state index contributed by atoms with van der Waals surface area (Å²) in [6.07, 6.45) is 3.18. The highest BCUT2D eigenvalue weighted by molar-refractivity contribution is 5.42. The Morgan fingerprint density at radius 1 is 1.42 bits per heavy atom. The SMILES string of the molecule is CCCNc1nc(C)cn1C1COc2ccccc21. The second-order valence-electron chi connectivity index (χ2n) is 4.90. The average molecular weight is 257 g/mol. The van der Waals surface area contributed by atoms with Crippen LogP contribution < -0.4 is 10.1 Å². The third-order valence-electron chi connectivity index (χ3n) is 3.40. The quantitative estimate of drug-likeness (QED) is 0.915. The van der Waals surface area contributed by atoms with Gasteiger partial charge in [-0.2, -0.15) is 0 Å². The van der Waals surface area contributed by atoms with Gasteiger partial charge in [0.05, 0.1) is 11.7 Å². The van der Waals surface area contributed by atoms with Crippen LogP contribution in [0, 0.1) is 6.92 Å². The number of nitrogens with one attached hydrogen (secondary N) is 1. The lowest BCUT2D eigenvalue weighted by Gasteiger charge is -2.15. The number of aryl methyl sites for hydroxylation is 1. The summed E-state index contributed by atoms with van der Waals surface area (Å²) in [5.74, 6) is 1.92. The van der Waals surface area contributed by atoms with E-state index >= 15 is 0 Å². The molecule has 0 radical (unpaired) electrons. The molecule has 0 amide bonds. The van der Waals surface area contributed by atoms with Crippen LogP contribution in [0.15, 0.2) is 30.5 Å². The summed E-state index contributed by atoms with van der Waals surface area (Å²) in [5, 5.41) is 3.39. The zero-order valence-electron chi connectivity index (χ0n) is 11.4. The number of anilines is 1. The third-order valence-corrected chi connectivity index (χ3v) is 3.40. The van der Waals surface area contributed by atoms with E-state index in [0.29, 0.717) is 6.61 Å². The number of ether oxygens (including phenoxy) is 1. The molecule has 100 valence electrons. The molecule has 2 heterocycles. The van der Waals surface area contributed by atoms with Crippen molar-refractivity contribution < 1.29 is 4.74 Å². The lowest BCUT2D eigenvalue weighted by Crippen LogP contribution is -2.15. The zero-order valence-corrected chi connectivity index (χ0v) is 11.4. The minimum Gasteiger partial charge on any atom is -0.491 e. The molecular formula is C15H19N3O. The Kier molecular flexibility index (Phi) is 3.15. The van der Waals surface area contributed by atoms with Crippen LogP contribution in [-0.2, 0) is 0 Å². The number of para-hydroxylation sites is 1. The maximum atomic E-state index is 5.76. The van der Waals surface area contributed by atoms with E-state index in [0.717, 1.165) is 30.4 Å². The minimum absolute atomic E-state index is 0.219. The molecule has 19 heavy (non-hydrogen) atoms. The fourth-order valence-corrected chi connectivity index (χ4v) is 2.50. The zero-order chi connectivity index (χ0) is 13.2. The Morgan fingerprint density at radius 3 is 3.11 bits per heavy atom. The summed E-state index contributed by atoms with van der Waals surface area (Å²) in [7, 11) is 0. The van der Waals surface area contributed by atoms with Gasteiger partial charge in [0.15, 0.2) is 0 Å². The van der Waals surface area contributed by atoms with Gasteiger partial charge in [-0.15, -0.1) is 0 Å². The molecule has 1 aromatic carbocycles. The highest BCUT2D eigenvalue weighted by Gasteiger charge is 2.27. The van der Waals surface area contributed by atoms with E-state index in [1.165, 1.54) is 5.56 Å². The van der Waals surface area contributed by atoms with Gasteiger partial charge in [0.2, 0.25) is 5.95 Å². The molecule has 1 aliphatic rings. The van der Waals surface area contributed by atoms with Gasteiger partial charge in [-0.05, 0) is 19.4 Å². The molecule has 1 unspecified atom stereocenters. The van der Waals surface area contributed by atoms with Crippen LogP contribution in [0.3, 0.4) is 0 Å². The van der Waals surface area contributed by atoms with Crippen molar-refractivity contribution in [2.24, 2.45) is 0 Å². The molecule has 0 fully saturated rings. The van der Waals surface area contributed by atoms with E-state index < -0.39 is 0 Å². The van der Waals surface area contributed by atoms with Crippen LogP contribution in [0.25, 0.3) is 0 Å². The number of aromatic nitrogens is 2. The number of hydrogen-bond donors (Lipinski definition) is 1. The molecule has 2 aromatic rings. The van der Waals surface area contributed by atoms with Crippen molar-refractivity contribution in [2.75, 3.05) is 18.5 Å². The van der Waals surface area contributed by atoms with Gasteiger partial charge in [0.1, 0.15) is 12.4 Å². The van der Waals surface area contributed by atoms with Gasteiger partial charge in [-0.3, -0.25) is 0 Å². The summed E-state index contributed by atoms with van der Waals surface area (Å²) >= 11 is 0. The van der Waals surface area contributed by atoms with E-state index in [9.17, 15) is 0 Å². The molecule has 3 rings (SSSR count). The van der Waals surface area contributed by atoms with Gasteiger partial charge in [0, 0.05) is 18.3 Å². The Balaban J connectivity index is 1.95. The molecule has 0 spiro atoms. The number of imidazole rings is 1. The van der Waals surface area contributed by atoms with E-state index in [1.807, 2.05) is 19.1 Å². The Morgan fingerprint density at radius 2 is 2.26 bits per heavy atom. The monoisotopic (exact) mass is 257 g/mol. The molecular weight excluding hydrogens is 238 g/mol. The van der Waals surface area contributed by atoms with Gasteiger partial charge in [-0.25, -0.2) is 4.98 Å². The molecule has 0 saturated carbocycles. The predicted octanol–water partition coefficient (Wildman–Crippen LogP) is 3.00. The Hall–Kier alpha value is -1.97. The summed E-state index contributed by atoms with van der Waals surface area (Å²) < 4.78 is 7.95. The second kappa shape index (κ2) is 4.96. The van der Waals surface area contributed by atoms with E-state index in [1.54, 1.807) is 0 Å². The summed E-state index contributed by atoms with van der Waals surface area (Å²) in [5.41, 5.74) is 2.27. The normalized spacial score (nSPS) is 17.1. The number of nitrogens with zero attached hydrogens (tertiary/aromatic N) is 2. The number of benzene rings is 1. The van der Waals surface area contributed by atoms with Gasteiger partial charge in [-0.1, -0.05) is 25.1 Å². The number of fused-ring (bicyclic) bond motifs is 1. The molecule has 0 saturated heterocycles. The predicted molar refractivity (Wildman–Crippen MR) is 75.8 cm³/mol. The summed E-state index contributed by atoms with van der Waals surface area (Å²) in [4.78, 5) is 4.56. The van der Waals surface area contributed by atoms with Crippen molar-refractivity contribution >= 4 is 5.95 Å².